The van der Waals surface area contributed by atoms with Crippen LogP contribution in [-0.4, -0.2) is 15.5 Å². The molecule has 3 aromatic rings. The molecule has 0 aliphatic heterocycles. The number of aromatic nitrogens is 2. The molecule has 0 bridgehead atoms. The topological polar surface area (TPSA) is 64.0 Å². The van der Waals surface area contributed by atoms with Crippen LogP contribution in [0, 0.1) is 6.92 Å². The predicted octanol–water partition coefficient (Wildman–Crippen LogP) is 2.49. The van der Waals surface area contributed by atoms with Crippen molar-refractivity contribution >= 4 is 22.6 Å². The Bertz CT molecular complexity index is 929. The van der Waals surface area contributed by atoms with Crippen molar-refractivity contribution in [1.29, 1.82) is 0 Å². The van der Waals surface area contributed by atoms with Gasteiger partial charge in [-0.05, 0) is 36.8 Å². The van der Waals surface area contributed by atoms with Crippen LogP contribution in [0.4, 0.5) is 5.82 Å². The minimum Gasteiger partial charge on any atom is -0.350 e. The van der Waals surface area contributed by atoms with Crippen LogP contribution < -0.4 is 10.7 Å². The number of carbonyl (C=O) groups excluding carboxylic acids is 1. The van der Waals surface area contributed by atoms with Crippen molar-refractivity contribution in [1.82, 2.24) is 9.55 Å². The monoisotopic (exact) mass is 293 g/mol. The molecular formula is C17H15N3O2. The Balaban J connectivity index is 2.05. The summed E-state index contributed by atoms with van der Waals surface area (Å²) in [6, 6.07) is 10.8. The van der Waals surface area contributed by atoms with Gasteiger partial charge in [0.1, 0.15) is 11.4 Å². The molecule has 1 N–H and O–H groups in total. The second-order valence-corrected chi connectivity index (χ2v) is 5.17. The molecule has 0 aliphatic rings. The minimum absolute atomic E-state index is 0.101. The predicted molar refractivity (Wildman–Crippen MR) is 86.1 cm³/mol. The maximum absolute atomic E-state index is 12.5. The van der Waals surface area contributed by atoms with Gasteiger partial charge in [-0.15, -0.1) is 0 Å². The van der Waals surface area contributed by atoms with E-state index >= 15 is 0 Å². The van der Waals surface area contributed by atoms with Gasteiger partial charge in [0.15, 0.2) is 0 Å². The van der Waals surface area contributed by atoms with Gasteiger partial charge >= 0.3 is 0 Å². The fourth-order valence-corrected chi connectivity index (χ4v) is 2.39. The zero-order chi connectivity index (χ0) is 15.7. The van der Waals surface area contributed by atoms with Crippen LogP contribution in [0.5, 0.6) is 0 Å². The molecule has 2 heterocycles. The van der Waals surface area contributed by atoms with E-state index in [2.05, 4.69) is 10.3 Å². The fourth-order valence-electron chi connectivity index (χ4n) is 2.39. The van der Waals surface area contributed by atoms with Crippen LogP contribution in [-0.2, 0) is 7.05 Å². The summed E-state index contributed by atoms with van der Waals surface area (Å²) in [5.41, 5.74) is 1.60. The average Bonchev–Trinajstić information content (AvgIpc) is 2.51. The number of hydrogen-bond acceptors (Lipinski definition) is 3. The number of nitrogens with zero attached hydrogens (tertiary/aromatic N) is 2. The molecule has 0 saturated carbocycles. The van der Waals surface area contributed by atoms with Gasteiger partial charge in [-0.3, -0.25) is 9.59 Å². The van der Waals surface area contributed by atoms with Gasteiger partial charge in [0.05, 0.1) is 5.52 Å². The van der Waals surface area contributed by atoms with Crippen LogP contribution in [0.2, 0.25) is 0 Å². The summed E-state index contributed by atoms with van der Waals surface area (Å²) in [4.78, 5) is 28.9. The number of hydrogen-bond donors (Lipinski definition) is 1. The summed E-state index contributed by atoms with van der Waals surface area (Å²) in [7, 11) is 1.81. The fraction of sp³-hybridized carbons (Fsp3) is 0.118. The highest BCUT2D eigenvalue weighted by atomic mass is 16.2. The number of rotatable bonds is 2. The van der Waals surface area contributed by atoms with Crippen molar-refractivity contribution in [3.8, 4) is 0 Å². The van der Waals surface area contributed by atoms with Crippen LogP contribution in [0.1, 0.15) is 15.9 Å². The highest BCUT2D eigenvalue weighted by Crippen LogP contribution is 2.12. The number of amides is 1. The molecule has 5 heteroatoms. The lowest BCUT2D eigenvalue weighted by molar-refractivity contribution is 0.102. The van der Waals surface area contributed by atoms with Gasteiger partial charge in [0.2, 0.25) is 5.43 Å². The smallest absolute Gasteiger partial charge is 0.262 e. The molecule has 22 heavy (non-hydrogen) atoms. The Morgan fingerprint density at radius 1 is 1.23 bits per heavy atom. The Labute approximate surface area is 127 Å². The molecule has 0 spiro atoms. The lowest BCUT2D eigenvalue weighted by atomic mass is 10.1. The zero-order valence-electron chi connectivity index (χ0n) is 12.3. The van der Waals surface area contributed by atoms with Gasteiger partial charge < -0.3 is 9.88 Å². The first-order chi connectivity index (χ1) is 10.6. The van der Waals surface area contributed by atoms with Crippen LogP contribution >= 0.6 is 0 Å². The van der Waals surface area contributed by atoms with Gasteiger partial charge in [-0.1, -0.05) is 12.1 Å². The summed E-state index contributed by atoms with van der Waals surface area (Å²) in [5.74, 6) is -0.0235. The molecule has 0 fully saturated rings. The molecule has 0 saturated heterocycles. The quantitative estimate of drug-likeness (QED) is 0.789. The Hall–Kier alpha value is -2.95. The number of carbonyl (C=O) groups is 1. The average molecular weight is 293 g/mol. The Morgan fingerprint density at radius 2 is 2.00 bits per heavy atom. The Kier molecular flexibility index (Phi) is 3.47. The summed E-state index contributed by atoms with van der Waals surface area (Å²) in [5, 5.41) is 3.19. The number of para-hydroxylation sites is 1. The number of nitrogens with one attached hydrogen (secondary N) is 1. The first kappa shape index (κ1) is 14.0. The molecule has 0 radical (unpaired) electrons. The number of benzene rings is 1. The molecule has 2 aromatic heterocycles. The van der Waals surface area contributed by atoms with E-state index < -0.39 is 5.91 Å². The molecule has 0 atom stereocenters. The van der Waals surface area contributed by atoms with E-state index in [1.165, 1.54) is 0 Å². The van der Waals surface area contributed by atoms with Crippen LogP contribution in [0.3, 0.4) is 0 Å². The lowest BCUT2D eigenvalue weighted by Gasteiger charge is -2.09. The molecule has 5 nitrogen and oxygen atoms in total. The summed E-state index contributed by atoms with van der Waals surface area (Å²) in [6.07, 6.45) is 3.17. The van der Waals surface area contributed by atoms with E-state index in [1.807, 2.05) is 32.2 Å². The maximum Gasteiger partial charge on any atom is 0.262 e. The van der Waals surface area contributed by atoms with Gasteiger partial charge in [0, 0.05) is 24.8 Å². The van der Waals surface area contributed by atoms with Crippen molar-refractivity contribution in [3.05, 3.63) is 70.1 Å². The largest absolute Gasteiger partial charge is 0.350 e. The number of pyridine rings is 2. The summed E-state index contributed by atoms with van der Waals surface area (Å²) < 4.78 is 1.77. The highest BCUT2D eigenvalue weighted by molar-refractivity contribution is 6.05. The van der Waals surface area contributed by atoms with Crippen molar-refractivity contribution in [2.45, 2.75) is 6.92 Å². The number of aryl methyl sites for hydroxylation is 2. The molecule has 1 amide bonds. The number of fused-ring (bicyclic) bond motifs is 1. The normalized spacial score (nSPS) is 10.6. The van der Waals surface area contributed by atoms with E-state index in [1.54, 1.807) is 35.2 Å². The van der Waals surface area contributed by atoms with Crippen LogP contribution in [0.15, 0.2) is 53.6 Å². The molecule has 1 aromatic carbocycles. The van der Waals surface area contributed by atoms with Crippen molar-refractivity contribution in [2.24, 2.45) is 7.05 Å². The third-order valence-corrected chi connectivity index (χ3v) is 3.50. The van der Waals surface area contributed by atoms with Gasteiger partial charge in [0.25, 0.3) is 5.91 Å². The second-order valence-electron chi connectivity index (χ2n) is 5.17. The first-order valence-electron chi connectivity index (χ1n) is 6.88. The summed E-state index contributed by atoms with van der Waals surface area (Å²) >= 11 is 0. The van der Waals surface area contributed by atoms with E-state index in [0.29, 0.717) is 11.2 Å². The van der Waals surface area contributed by atoms with Gasteiger partial charge in [-0.25, -0.2) is 4.98 Å². The highest BCUT2D eigenvalue weighted by Gasteiger charge is 2.14. The van der Waals surface area contributed by atoms with E-state index in [9.17, 15) is 9.59 Å². The third kappa shape index (κ3) is 2.48. The van der Waals surface area contributed by atoms with E-state index in [4.69, 9.17) is 0 Å². The maximum atomic E-state index is 12.5. The zero-order valence-corrected chi connectivity index (χ0v) is 12.3. The second kappa shape index (κ2) is 5.44. The molecule has 110 valence electrons. The summed E-state index contributed by atoms with van der Waals surface area (Å²) in [6.45, 7) is 1.91. The third-order valence-electron chi connectivity index (χ3n) is 3.50. The van der Waals surface area contributed by atoms with E-state index in [-0.39, 0.29) is 11.0 Å². The van der Waals surface area contributed by atoms with Crippen molar-refractivity contribution in [3.63, 3.8) is 0 Å². The molecule has 0 aliphatic carbocycles. The van der Waals surface area contributed by atoms with Gasteiger partial charge in [-0.2, -0.15) is 0 Å². The standard InChI is InChI=1S/C17H15N3O2/c1-11-7-8-18-15(9-11)19-17(22)13-10-20(2)14-6-4-3-5-12(14)16(13)21/h3-10H,1-2H3,(H,18,19,22). The van der Waals surface area contributed by atoms with Crippen molar-refractivity contribution < 1.29 is 4.79 Å². The van der Waals surface area contributed by atoms with Crippen molar-refractivity contribution in [2.75, 3.05) is 5.32 Å². The SMILES string of the molecule is Cc1ccnc(NC(=O)c2cn(C)c3ccccc3c2=O)c1. The molecule has 0 unspecified atom stereocenters. The Morgan fingerprint density at radius 3 is 2.77 bits per heavy atom. The molecular weight excluding hydrogens is 278 g/mol. The van der Waals surface area contributed by atoms with E-state index in [0.717, 1.165) is 11.1 Å². The van der Waals surface area contributed by atoms with Crippen LogP contribution in [0.25, 0.3) is 10.9 Å². The molecule has 3 rings (SSSR count). The number of anilines is 1. The first-order valence-corrected chi connectivity index (χ1v) is 6.88. The lowest BCUT2D eigenvalue weighted by Crippen LogP contribution is -2.23. The minimum atomic E-state index is -0.454.